The number of fused-ring (bicyclic) bond motifs is 1. The molecule has 0 aliphatic carbocycles. The van der Waals surface area contributed by atoms with Crippen LogP contribution < -0.4 is 20.5 Å². The third-order valence-electron chi connectivity index (χ3n) is 6.46. The fraction of sp³-hybridized carbons (Fsp3) is 0.423. The van der Waals surface area contributed by atoms with Gasteiger partial charge in [-0.05, 0) is 68.5 Å². The van der Waals surface area contributed by atoms with Crippen LogP contribution in [0.25, 0.3) is 16.5 Å². The van der Waals surface area contributed by atoms with Crippen molar-refractivity contribution in [3.8, 4) is 11.4 Å². The third-order valence-corrected chi connectivity index (χ3v) is 6.46. The van der Waals surface area contributed by atoms with Gasteiger partial charge in [0.2, 0.25) is 0 Å². The van der Waals surface area contributed by atoms with Crippen LogP contribution in [0, 0.1) is 5.82 Å². The van der Waals surface area contributed by atoms with Gasteiger partial charge in [0.05, 0.1) is 17.5 Å². The molecular formula is C26H30FN3O3. The van der Waals surface area contributed by atoms with E-state index in [0.29, 0.717) is 29.1 Å². The predicted molar refractivity (Wildman–Crippen MR) is 128 cm³/mol. The summed E-state index contributed by atoms with van der Waals surface area (Å²) in [5, 5.41) is 4.80. The first kappa shape index (κ1) is 21.9. The lowest BCUT2D eigenvalue weighted by molar-refractivity contribution is 0.0680. The van der Waals surface area contributed by atoms with Crippen molar-refractivity contribution in [3.05, 3.63) is 64.8 Å². The zero-order valence-corrected chi connectivity index (χ0v) is 19.1. The summed E-state index contributed by atoms with van der Waals surface area (Å²) in [6, 6.07) is 12.3. The Morgan fingerprint density at radius 1 is 1.21 bits per heavy atom. The maximum absolute atomic E-state index is 15.1. The summed E-state index contributed by atoms with van der Waals surface area (Å²) in [4.78, 5) is 15.2. The van der Waals surface area contributed by atoms with Crippen LogP contribution in [0.1, 0.15) is 26.7 Å². The number of nitrogens with zero attached hydrogens (tertiary/aromatic N) is 2. The first-order valence-corrected chi connectivity index (χ1v) is 11.6. The van der Waals surface area contributed by atoms with Gasteiger partial charge in [-0.1, -0.05) is 0 Å². The minimum absolute atomic E-state index is 0.0780. The lowest BCUT2D eigenvalue weighted by Crippen LogP contribution is -2.57. The van der Waals surface area contributed by atoms with E-state index in [2.05, 4.69) is 24.1 Å². The average Bonchev–Trinajstić information content (AvgIpc) is 3.31. The van der Waals surface area contributed by atoms with Gasteiger partial charge in [-0.2, -0.15) is 0 Å². The minimum Gasteiger partial charge on any atom is -0.491 e. The number of anilines is 1. The fourth-order valence-corrected chi connectivity index (χ4v) is 4.73. The quantitative estimate of drug-likeness (QED) is 0.638. The number of aromatic nitrogens is 1. The molecule has 2 fully saturated rings. The van der Waals surface area contributed by atoms with Crippen LogP contribution in [0.3, 0.4) is 0 Å². The van der Waals surface area contributed by atoms with Gasteiger partial charge in [-0.25, -0.2) is 4.39 Å². The number of pyridine rings is 1. The van der Waals surface area contributed by atoms with Crippen LogP contribution in [0.2, 0.25) is 0 Å². The summed E-state index contributed by atoms with van der Waals surface area (Å²) < 4.78 is 28.0. The Balaban J connectivity index is 1.39. The molecule has 2 aliphatic rings. The zero-order chi connectivity index (χ0) is 23.0. The van der Waals surface area contributed by atoms with E-state index in [1.807, 2.05) is 12.1 Å². The smallest absolute Gasteiger partial charge is 0.262 e. The molecule has 0 amide bonds. The third kappa shape index (κ3) is 4.61. The van der Waals surface area contributed by atoms with E-state index < -0.39 is 0 Å². The number of nitrogens with one attached hydrogen (secondary N) is 1. The molecule has 0 unspecified atom stereocenters. The predicted octanol–water partition coefficient (Wildman–Crippen LogP) is 3.88. The van der Waals surface area contributed by atoms with Gasteiger partial charge in [-0.15, -0.1) is 0 Å². The van der Waals surface area contributed by atoms with Crippen molar-refractivity contribution in [1.29, 1.82) is 0 Å². The molecule has 1 N–H and O–H groups in total. The van der Waals surface area contributed by atoms with Crippen LogP contribution in [0.4, 0.5) is 10.1 Å². The van der Waals surface area contributed by atoms with Crippen molar-refractivity contribution in [1.82, 2.24) is 9.88 Å². The number of piperazine rings is 1. The van der Waals surface area contributed by atoms with Crippen molar-refractivity contribution < 1.29 is 13.9 Å². The van der Waals surface area contributed by atoms with E-state index in [-0.39, 0.29) is 23.0 Å². The molecule has 0 spiro atoms. The number of halogens is 1. The van der Waals surface area contributed by atoms with Crippen LogP contribution in [0.5, 0.6) is 5.75 Å². The lowest BCUT2D eigenvalue weighted by atomic mass is 10.0. The van der Waals surface area contributed by atoms with Gasteiger partial charge in [-0.3, -0.25) is 9.36 Å². The lowest BCUT2D eigenvalue weighted by Gasteiger charge is -2.40. The van der Waals surface area contributed by atoms with Crippen LogP contribution in [-0.4, -0.2) is 49.1 Å². The van der Waals surface area contributed by atoms with Crippen LogP contribution >= 0.6 is 0 Å². The fourth-order valence-electron chi connectivity index (χ4n) is 4.73. The highest BCUT2D eigenvalue weighted by Crippen LogP contribution is 2.26. The Morgan fingerprint density at radius 3 is 2.85 bits per heavy atom. The molecule has 0 bridgehead atoms. The van der Waals surface area contributed by atoms with Gasteiger partial charge >= 0.3 is 0 Å². The molecule has 0 radical (unpaired) electrons. The molecule has 2 aliphatic heterocycles. The highest BCUT2D eigenvalue weighted by atomic mass is 19.1. The first-order valence-electron chi connectivity index (χ1n) is 11.6. The zero-order valence-electron chi connectivity index (χ0n) is 19.1. The molecule has 2 aromatic carbocycles. The summed E-state index contributed by atoms with van der Waals surface area (Å²) in [5.41, 5.74) is 0.811. The summed E-state index contributed by atoms with van der Waals surface area (Å²) >= 11 is 0. The summed E-state index contributed by atoms with van der Waals surface area (Å²) in [5.74, 6) is 0.388. The number of benzene rings is 2. The summed E-state index contributed by atoms with van der Waals surface area (Å²) in [7, 11) is 0. The van der Waals surface area contributed by atoms with Crippen LogP contribution in [-0.2, 0) is 4.74 Å². The molecule has 1 aromatic heterocycles. The second-order valence-corrected chi connectivity index (χ2v) is 9.55. The van der Waals surface area contributed by atoms with Crippen molar-refractivity contribution in [3.63, 3.8) is 0 Å². The first-order chi connectivity index (χ1) is 15.9. The van der Waals surface area contributed by atoms with Gasteiger partial charge < -0.3 is 19.7 Å². The second kappa shape index (κ2) is 8.80. The number of rotatable bonds is 5. The van der Waals surface area contributed by atoms with Crippen molar-refractivity contribution in [2.75, 3.05) is 37.7 Å². The van der Waals surface area contributed by atoms with Gasteiger partial charge in [0.1, 0.15) is 18.2 Å². The van der Waals surface area contributed by atoms with E-state index >= 15 is 4.39 Å². The Bertz CT molecular complexity index is 1220. The molecule has 3 heterocycles. The topological polar surface area (TPSA) is 55.7 Å². The van der Waals surface area contributed by atoms with Gasteiger partial charge in [0.25, 0.3) is 5.56 Å². The highest BCUT2D eigenvalue weighted by Gasteiger charge is 2.27. The summed E-state index contributed by atoms with van der Waals surface area (Å²) in [6.07, 6.45) is 3.91. The molecule has 6 nitrogen and oxygen atoms in total. The molecule has 3 aromatic rings. The molecule has 0 saturated carbocycles. The summed E-state index contributed by atoms with van der Waals surface area (Å²) in [6.45, 7) is 7.79. The van der Waals surface area contributed by atoms with E-state index in [9.17, 15) is 4.79 Å². The van der Waals surface area contributed by atoms with Crippen LogP contribution in [0.15, 0.2) is 53.5 Å². The number of hydrogen-bond donors (Lipinski definition) is 1. The second-order valence-electron chi connectivity index (χ2n) is 9.55. The highest BCUT2D eigenvalue weighted by molar-refractivity contribution is 5.83. The molecule has 7 heteroatoms. The minimum atomic E-state index is -0.324. The van der Waals surface area contributed by atoms with Gasteiger partial charge in [0, 0.05) is 49.4 Å². The Hall–Kier alpha value is -2.90. The molecular weight excluding hydrogens is 421 g/mol. The van der Waals surface area contributed by atoms with E-state index in [1.54, 1.807) is 30.5 Å². The van der Waals surface area contributed by atoms with E-state index in [1.165, 1.54) is 10.6 Å². The maximum atomic E-state index is 15.1. The van der Waals surface area contributed by atoms with Crippen molar-refractivity contribution in [2.24, 2.45) is 0 Å². The molecule has 2 saturated heterocycles. The molecule has 33 heavy (non-hydrogen) atoms. The van der Waals surface area contributed by atoms with E-state index in [0.717, 1.165) is 44.5 Å². The normalized spacial score (nSPS) is 20.3. The standard InChI is InChI=1S/C26H30FN3O3/c1-26(2)17-29(12-10-28-26)24-8-5-19(15-23(24)27)30-11-9-18-14-20(6-7-22(18)25(30)31)33-16-21-4-3-13-32-21/h5-9,11,14-15,21,28H,3-4,10,12-13,16-17H2,1-2H3/t21-/m1/s1. The van der Waals surface area contributed by atoms with Crippen molar-refractivity contribution in [2.45, 2.75) is 38.3 Å². The van der Waals surface area contributed by atoms with Crippen molar-refractivity contribution >= 4 is 16.5 Å². The monoisotopic (exact) mass is 451 g/mol. The number of hydrogen-bond acceptors (Lipinski definition) is 5. The molecule has 174 valence electrons. The molecule has 5 rings (SSSR count). The van der Waals surface area contributed by atoms with Gasteiger partial charge in [0.15, 0.2) is 0 Å². The Morgan fingerprint density at radius 2 is 2.09 bits per heavy atom. The number of ether oxygens (including phenoxy) is 2. The SMILES string of the molecule is CC1(C)CN(c2ccc(-n3ccc4cc(OC[C@H]5CCCO5)ccc4c3=O)cc2F)CCN1. The average molecular weight is 452 g/mol. The van der Waals surface area contributed by atoms with E-state index in [4.69, 9.17) is 9.47 Å². The Labute approximate surface area is 192 Å². The maximum Gasteiger partial charge on any atom is 0.262 e. The molecule has 1 atom stereocenters. The Kier molecular flexibility index (Phi) is 5.85. The largest absolute Gasteiger partial charge is 0.491 e.